The number of benzene rings is 1. The molecule has 0 aliphatic carbocycles. The Morgan fingerprint density at radius 2 is 1.96 bits per heavy atom. The highest BCUT2D eigenvalue weighted by Crippen LogP contribution is 2.41. The third-order valence-electron chi connectivity index (χ3n) is 5.24. The normalized spacial score (nSPS) is 18.0. The highest BCUT2D eigenvalue weighted by molar-refractivity contribution is 6.48. The van der Waals surface area contributed by atoms with Crippen molar-refractivity contribution >= 4 is 31.7 Å². The van der Waals surface area contributed by atoms with Crippen LogP contribution in [0.25, 0.3) is 10.9 Å². The number of carbonyl (C=O) groups is 2. The summed E-state index contributed by atoms with van der Waals surface area (Å²) in [7, 11) is -0.0134. The van der Waals surface area contributed by atoms with Gasteiger partial charge in [0.25, 0.3) is 5.78 Å². The van der Waals surface area contributed by atoms with E-state index in [2.05, 4.69) is 49.2 Å². The lowest BCUT2D eigenvalue weighted by atomic mass is 9.81. The summed E-state index contributed by atoms with van der Waals surface area (Å²) >= 11 is 0. The van der Waals surface area contributed by atoms with Crippen LogP contribution in [0, 0.1) is 5.41 Å². The summed E-state index contributed by atoms with van der Waals surface area (Å²) < 4.78 is 13.3. The van der Waals surface area contributed by atoms with Gasteiger partial charge in [-0.25, -0.2) is 4.79 Å². The number of methoxy groups -OCH3 is 1. The van der Waals surface area contributed by atoms with Gasteiger partial charge in [0.05, 0.1) is 30.3 Å². The van der Waals surface area contributed by atoms with Gasteiger partial charge in [-0.05, 0) is 36.9 Å². The van der Waals surface area contributed by atoms with Gasteiger partial charge in [0.2, 0.25) is 0 Å². The lowest BCUT2D eigenvalue weighted by Crippen LogP contribution is -2.41. The largest absolute Gasteiger partial charge is 0.463 e. The van der Waals surface area contributed by atoms with E-state index >= 15 is 0 Å². The van der Waals surface area contributed by atoms with Crippen molar-refractivity contribution in [1.82, 2.24) is 4.57 Å². The molecule has 0 amide bonds. The van der Waals surface area contributed by atoms with Crippen LogP contribution in [0.1, 0.15) is 49.2 Å². The van der Waals surface area contributed by atoms with Crippen LogP contribution in [0.2, 0.25) is 13.1 Å². The van der Waals surface area contributed by atoms with Crippen LogP contribution in [0.4, 0.5) is 0 Å². The smallest absolute Gasteiger partial charge is 0.379 e. The number of ether oxygens (including phenoxy) is 1. The van der Waals surface area contributed by atoms with Crippen LogP contribution in [0.3, 0.4) is 0 Å². The number of hydrogen-bond donors (Lipinski definition) is 0. The molecule has 1 aliphatic heterocycles. The minimum absolute atomic E-state index is 0.0304. The molecular formula is C21H29NO4Si. The number of aryl methyl sites for hydroxylation is 1. The van der Waals surface area contributed by atoms with E-state index in [0.29, 0.717) is 5.56 Å². The van der Waals surface area contributed by atoms with Gasteiger partial charge in [0, 0.05) is 11.6 Å². The molecule has 0 saturated carbocycles. The second kappa shape index (κ2) is 7.24. The topological polar surface area (TPSA) is 57.5 Å². The molecule has 0 saturated heterocycles. The van der Waals surface area contributed by atoms with Gasteiger partial charge in [0.1, 0.15) is 0 Å². The van der Waals surface area contributed by atoms with E-state index in [-0.39, 0.29) is 17.6 Å². The van der Waals surface area contributed by atoms with Crippen molar-refractivity contribution in [1.29, 1.82) is 0 Å². The van der Waals surface area contributed by atoms with Crippen LogP contribution in [0.5, 0.6) is 0 Å². The molecule has 27 heavy (non-hydrogen) atoms. The number of nitrogens with zero attached hydrogens (tertiary/aromatic N) is 1. The third kappa shape index (κ3) is 3.60. The molecule has 0 radical (unpaired) electrons. The molecule has 1 aromatic heterocycles. The minimum Gasteiger partial charge on any atom is -0.463 e. The number of carbonyl (C=O) groups excluding carboxylic acids is 2. The maximum Gasteiger partial charge on any atom is 0.379 e. The van der Waals surface area contributed by atoms with Crippen LogP contribution < -0.4 is 0 Å². The summed E-state index contributed by atoms with van der Waals surface area (Å²) in [6.45, 7) is 11.0. The molecular weight excluding hydrogens is 358 g/mol. The van der Waals surface area contributed by atoms with Gasteiger partial charge >= 0.3 is 5.97 Å². The molecule has 2 aromatic rings. The molecule has 146 valence electrons. The van der Waals surface area contributed by atoms with E-state index in [1.54, 1.807) is 0 Å². The summed E-state index contributed by atoms with van der Waals surface area (Å²) in [5.41, 5.74) is 2.64. The molecule has 1 aliphatic rings. The van der Waals surface area contributed by atoms with E-state index in [4.69, 9.17) is 4.43 Å². The Kier molecular flexibility index (Phi) is 5.32. The zero-order valence-corrected chi connectivity index (χ0v) is 18.2. The van der Waals surface area contributed by atoms with Gasteiger partial charge in [-0.15, -0.1) is 0 Å². The van der Waals surface area contributed by atoms with Crippen molar-refractivity contribution in [2.24, 2.45) is 5.41 Å². The summed E-state index contributed by atoms with van der Waals surface area (Å²) in [6.07, 6.45) is 3.78. The predicted molar refractivity (Wildman–Crippen MR) is 109 cm³/mol. The molecule has 2 unspecified atom stereocenters. The Bertz CT molecular complexity index is 878. The van der Waals surface area contributed by atoms with Crippen LogP contribution in [0.15, 0.2) is 24.4 Å². The van der Waals surface area contributed by atoms with E-state index < -0.39 is 20.8 Å². The zero-order valence-electron chi connectivity index (χ0n) is 17.0. The van der Waals surface area contributed by atoms with Crippen molar-refractivity contribution < 1.29 is 18.8 Å². The Morgan fingerprint density at radius 3 is 2.56 bits per heavy atom. The fourth-order valence-electron chi connectivity index (χ4n) is 4.14. The fourth-order valence-corrected chi connectivity index (χ4v) is 5.31. The SMILES string of the molecule is COC(=O)C(=O)c1cn2c3c(cccc13)CCC2C(O[SiH](C)C)C(C)(C)C. The Hall–Kier alpha value is -1.92. The van der Waals surface area contributed by atoms with Crippen molar-refractivity contribution in [2.75, 3.05) is 7.11 Å². The van der Waals surface area contributed by atoms with Gasteiger partial charge in [0.15, 0.2) is 9.04 Å². The maximum absolute atomic E-state index is 12.6. The average Bonchev–Trinajstić information content (AvgIpc) is 2.99. The second-order valence-corrected chi connectivity index (χ2v) is 11.0. The van der Waals surface area contributed by atoms with E-state index in [9.17, 15) is 9.59 Å². The lowest BCUT2D eigenvalue weighted by Gasteiger charge is -2.41. The highest BCUT2D eigenvalue weighted by atomic mass is 28.3. The first kappa shape index (κ1) is 19.8. The molecule has 2 atom stereocenters. The molecule has 0 spiro atoms. The monoisotopic (exact) mass is 387 g/mol. The molecule has 0 bridgehead atoms. The predicted octanol–water partition coefficient (Wildman–Crippen LogP) is 3.90. The van der Waals surface area contributed by atoms with Gasteiger partial charge in [-0.2, -0.15) is 0 Å². The van der Waals surface area contributed by atoms with Crippen molar-refractivity contribution in [3.63, 3.8) is 0 Å². The van der Waals surface area contributed by atoms with Gasteiger partial charge in [-0.1, -0.05) is 39.0 Å². The van der Waals surface area contributed by atoms with Gasteiger partial charge in [-0.3, -0.25) is 4.79 Å². The van der Waals surface area contributed by atoms with Crippen LogP contribution >= 0.6 is 0 Å². The Balaban J connectivity index is 2.17. The fraction of sp³-hybridized carbons (Fsp3) is 0.524. The van der Waals surface area contributed by atoms with Gasteiger partial charge < -0.3 is 13.7 Å². The van der Waals surface area contributed by atoms with Crippen molar-refractivity contribution in [2.45, 2.75) is 58.9 Å². The Morgan fingerprint density at radius 1 is 1.26 bits per heavy atom. The van der Waals surface area contributed by atoms with E-state index in [1.807, 2.05) is 18.3 Å². The van der Waals surface area contributed by atoms with E-state index in [1.165, 1.54) is 12.7 Å². The molecule has 6 heteroatoms. The molecule has 3 rings (SSSR count). The quantitative estimate of drug-likeness (QED) is 0.338. The number of Topliss-reactive ketones (excluding diaryl/α,β-unsaturated/α-hetero) is 1. The van der Waals surface area contributed by atoms with Crippen molar-refractivity contribution in [3.8, 4) is 0 Å². The average molecular weight is 388 g/mol. The third-order valence-corrected chi connectivity index (χ3v) is 6.08. The number of esters is 1. The number of hydrogen-bond acceptors (Lipinski definition) is 4. The molecule has 0 N–H and O–H groups in total. The first-order valence-electron chi connectivity index (χ1n) is 9.55. The summed E-state index contributed by atoms with van der Waals surface area (Å²) in [6, 6.07) is 6.11. The molecule has 0 fully saturated rings. The highest BCUT2D eigenvalue weighted by Gasteiger charge is 2.38. The van der Waals surface area contributed by atoms with Crippen molar-refractivity contribution in [3.05, 3.63) is 35.5 Å². The summed E-state index contributed by atoms with van der Waals surface area (Å²) in [4.78, 5) is 24.5. The summed E-state index contributed by atoms with van der Waals surface area (Å²) in [5.74, 6) is -1.42. The first-order chi connectivity index (χ1) is 12.6. The minimum atomic E-state index is -1.25. The van der Waals surface area contributed by atoms with Crippen LogP contribution in [-0.2, 0) is 20.4 Å². The van der Waals surface area contributed by atoms with E-state index in [0.717, 1.165) is 23.7 Å². The number of para-hydroxylation sites is 1. The molecule has 5 nitrogen and oxygen atoms in total. The lowest BCUT2D eigenvalue weighted by molar-refractivity contribution is -0.135. The second-order valence-electron chi connectivity index (χ2n) is 8.66. The standard InChI is InChI=1S/C21H29NO4Si/c1-21(2,3)19(26-27(5)6)16-11-10-13-8-7-9-14-15(12-22(16)17(13)14)18(23)20(24)25-4/h7-9,12,16,19,27H,10-11H2,1-6H3. The Labute approximate surface area is 162 Å². The zero-order chi connectivity index (χ0) is 19.9. The van der Waals surface area contributed by atoms with Crippen LogP contribution in [-0.4, -0.2) is 38.6 Å². The number of rotatable bonds is 5. The molecule has 2 heterocycles. The number of aromatic nitrogens is 1. The first-order valence-corrected chi connectivity index (χ1v) is 12.3. The summed E-state index contributed by atoms with van der Waals surface area (Å²) in [5, 5.41) is 0.821. The maximum atomic E-state index is 12.6. The molecule has 1 aromatic carbocycles. The number of ketones is 1.